The Morgan fingerprint density at radius 2 is 2.00 bits per heavy atom. The van der Waals surface area contributed by atoms with E-state index in [9.17, 15) is 4.79 Å². The summed E-state index contributed by atoms with van der Waals surface area (Å²) in [5.41, 5.74) is 0.322. The molecule has 1 aromatic carbocycles. The van der Waals surface area contributed by atoms with Crippen molar-refractivity contribution < 1.29 is 4.79 Å². The molecule has 4 heteroatoms. The van der Waals surface area contributed by atoms with Gasteiger partial charge >= 0.3 is 0 Å². The molecule has 0 atom stereocenters. The molecule has 0 fully saturated rings. The third-order valence-electron chi connectivity index (χ3n) is 1.67. The smallest absolute Gasteiger partial charge is 0.205 e. The molecule has 0 radical (unpaired) electrons. The number of hydrogen-bond donors (Lipinski definition) is 0. The summed E-state index contributed by atoms with van der Waals surface area (Å²) >= 11 is 17.3. The minimum absolute atomic E-state index is 0.133. The number of carbonyl (C=O) groups is 1. The van der Waals surface area contributed by atoms with E-state index >= 15 is 0 Å². The topological polar surface area (TPSA) is 17.1 Å². The van der Waals surface area contributed by atoms with Crippen molar-refractivity contribution in [1.82, 2.24) is 0 Å². The summed E-state index contributed by atoms with van der Waals surface area (Å²) in [4.78, 5) is 11.6. The van der Waals surface area contributed by atoms with Gasteiger partial charge in [-0.3, -0.25) is 4.79 Å². The molecule has 0 unspecified atom stereocenters. The first kappa shape index (κ1) is 11.6. The zero-order valence-electron chi connectivity index (χ0n) is 7.35. The van der Waals surface area contributed by atoms with E-state index in [-0.39, 0.29) is 15.8 Å². The van der Waals surface area contributed by atoms with Crippen LogP contribution in [0.15, 0.2) is 29.3 Å². The number of allylic oxidation sites excluding steroid dienone is 2. The van der Waals surface area contributed by atoms with Crippen molar-refractivity contribution in [3.8, 4) is 0 Å². The van der Waals surface area contributed by atoms with Crippen molar-refractivity contribution in [2.45, 2.75) is 6.92 Å². The number of rotatable bonds is 2. The molecule has 14 heavy (non-hydrogen) atoms. The first-order valence-electron chi connectivity index (χ1n) is 3.88. The lowest BCUT2D eigenvalue weighted by Gasteiger charge is -2.03. The van der Waals surface area contributed by atoms with E-state index in [1.165, 1.54) is 6.08 Å². The van der Waals surface area contributed by atoms with Gasteiger partial charge in [0.05, 0.1) is 15.1 Å². The number of halogens is 3. The molecule has 0 aromatic heterocycles. The zero-order chi connectivity index (χ0) is 10.7. The van der Waals surface area contributed by atoms with E-state index in [1.807, 2.05) is 0 Å². The summed E-state index contributed by atoms with van der Waals surface area (Å²) in [5, 5.41) is 0.714. The Kier molecular flexibility index (Phi) is 3.99. The van der Waals surface area contributed by atoms with E-state index < -0.39 is 0 Å². The average molecular weight is 250 g/mol. The SMILES string of the molecule is CC=C(Cl)C(=O)c1cccc(Cl)c1Cl. The molecule has 0 aliphatic carbocycles. The molecule has 1 nitrogen and oxygen atoms in total. The molecule has 0 bridgehead atoms. The molecule has 0 amide bonds. The Morgan fingerprint density at radius 3 is 2.57 bits per heavy atom. The largest absolute Gasteiger partial charge is 0.288 e. The van der Waals surface area contributed by atoms with Crippen molar-refractivity contribution >= 4 is 40.6 Å². The van der Waals surface area contributed by atoms with E-state index in [1.54, 1.807) is 25.1 Å². The molecule has 0 heterocycles. The average Bonchev–Trinajstić information content (AvgIpc) is 2.20. The fourth-order valence-corrected chi connectivity index (χ4v) is 1.43. The van der Waals surface area contributed by atoms with Gasteiger partial charge in [0.25, 0.3) is 0 Å². The molecule has 0 aliphatic rings. The van der Waals surface area contributed by atoms with Gasteiger partial charge in [0.1, 0.15) is 0 Å². The minimum Gasteiger partial charge on any atom is -0.288 e. The van der Waals surface area contributed by atoms with Crippen molar-refractivity contribution in [2.24, 2.45) is 0 Å². The van der Waals surface area contributed by atoms with E-state index in [4.69, 9.17) is 34.8 Å². The summed E-state index contributed by atoms with van der Waals surface area (Å²) in [6.07, 6.45) is 1.52. The number of Topliss-reactive ketones (excluding diaryl/α,β-unsaturated/α-hetero) is 1. The Bertz CT molecular complexity index is 396. The molecule has 0 saturated heterocycles. The first-order valence-corrected chi connectivity index (χ1v) is 5.02. The molecule has 0 aliphatic heterocycles. The summed E-state index contributed by atoms with van der Waals surface area (Å²) in [7, 11) is 0. The van der Waals surface area contributed by atoms with Gasteiger partial charge in [-0.1, -0.05) is 46.9 Å². The highest BCUT2D eigenvalue weighted by Gasteiger charge is 2.14. The zero-order valence-corrected chi connectivity index (χ0v) is 9.62. The number of hydrogen-bond acceptors (Lipinski definition) is 1. The Balaban J connectivity index is 3.21. The van der Waals surface area contributed by atoms with Gasteiger partial charge in [-0.15, -0.1) is 0 Å². The predicted molar refractivity (Wildman–Crippen MR) is 60.4 cm³/mol. The van der Waals surface area contributed by atoms with Crippen molar-refractivity contribution in [2.75, 3.05) is 0 Å². The lowest BCUT2D eigenvalue weighted by Crippen LogP contribution is -1.99. The summed E-state index contributed by atoms with van der Waals surface area (Å²) in [6, 6.07) is 4.86. The van der Waals surface area contributed by atoms with Crippen LogP contribution in [0, 0.1) is 0 Å². The summed E-state index contributed by atoms with van der Waals surface area (Å²) in [5.74, 6) is -0.318. The lowest BCUT2D eigenvalue weighted by atomic mass is 10.1. The normalized spacial score (nSPS) is 11.6. The fourth-order valence-electron chi connectivity index (χ4n) is 0.939. The molecule has 1 rings (SSSR count). The van der Waals surface area contributed by atoms with E-state index in [0.717, 1.165) is 0 Å². The second-order valence-corrected chi connectivity index (χ2v) is 3.76. The van der Waals surface area contributed by atoms with Crippen molar-refractivity contribution in [3.05, 3.63) is 44.9 Å². The van der Waals surface area contributed by atoms with Gasteiger partial charge in [0.15, 0.2) is 0 Å². The third-order valence-corrected chi connectivity index (χ3v) is 2.88. The van der Waals surface area contributed by atoms with E-state index in [0.29, 0.717) is 10.6 Å². The van der Waals surface area contributed by atoms with Crippen molar-refractivity contribution in [1.29, 1.82) is 0 Å². The van der Waals surface area contributed by atoms with Crippen LogP contribution in [0.3, 0.4) is 0 Å². The molecular weight excluding hydrogens is 242 g/mol. The lowest BCUT2D eigenvalue weighted by molar-refractivity contribution is 0.104. The summed E-state index contributed by atoms with van der Waals surface area (Å²) in [6.45, 7) is 1.68. The predicted octanol–water partition coefficient (Wildman–Crippen LogP) is 4.32. The summed E-state index contributed by atoms with van der Waals surface area (Å²) < 4.78 is 0. The fraction of sp³-hybridized carbons (Fsp3) is 0.100. The molecule has 74 valence electrons. The van der Waals surface area contributed by atoms with Crippen LogP contribution in [0.5, 0.6) is 0 Å². The molecular formula is C10H7Cl3O. The Labute approximate surface area is 97.3 Å². The standard InChI is InChI=1S/C10H7Cl3O/c1-2-7(11)10(14)6-4-3-5-8(12)9(6)13/h2-5H,1H3. The second-order valence-electron chi connectivity index (χ2n) is 2.57. The van der Waals surface area contributed by atoms with Crippen LogP contribution in [-0.2, 0) is 0 Å². The minimum atomic E-state index is -0.318. The van der Waals surface area contributed by atoms with Crippen LogP contribution in [0.25, 0.3) is 0 Å². The van der Waals surface area contributed by atoms with Gasteiger partial charge < -0.3 is 0 Å². The second kappa shape index (κ2) is 4.83. The van der Waals surface area contributed by atoms with Crippen LogP contribution >= 0.6 is 34.8 Å². The van der Waals surface area contributed by atoms with Gasteiger partial charge in [0.2, 0.25) is 5.78 Å². The van der Waals surface area contributed by atoms with Crippen LogP contribution < -0.4 is 0 Å². The molecule has 0 spiro atoms. The maximum atomic E-state index is 11.6. The van der Waals surface area contributed by atoms with Gasteiger partial charge in [-0.25, -0.2) is 0 Å². The maximum Gasteiger partial charge on any atom is 0.205 e. The van der Waals surface area contributed by atoms with Crippen LogP contribution in [0.1, 0.15) is 17.3 Å². The highest BCUT2D eigenvalue weighted by Crippen LogP contribution is 2.27. The first-order chi connectivity index (χ1) is 6.57. The van der Waals surface area contributed by atoms with Gasteiger partial charge in [0, 0.05) is 5.56 Å². The number of carbonyl (C=O) groups excluding carboxylic acids is 1. The Morgan fingerprint density at radius 1 is 1.36 bits per heavy atom. The third kappa shape index (κ3) is 2.30. The monoisotopic (exact) mass is 248 g/mol. The quantitative estimate of drug-likeness (QED) is 0.563. The van der Waals surface area contributed by atoms with Crippen LogP contribution in [0.4, 0.5) is 0 Å². The molecule has 0 N–H and O–H groups in total. The van der Waals surface area contributed by atoms with Gasteiger partial charge in [-0.2, -0.15) is 0 Å². The highest BCUT2D eigenvalue weighted by atomic mass is 35.5. The number of ketones is 1. The molecule has 1 aromatic rings. The van der Waals surface area contributed by atoms with E-state index in [2.05, 4.69) is 0 Å². The molecule has 0 saturated carbocycles. The van der Waals surface area contributed by atoms with Crippen molar-refractivity contribution in [3.63, 3.8) is 0 Å². The van der Waals surface area contributed by atoms with Crippen LogP contribution in [-0.4, -0.2) is 5.78 Å². The van der Waals surface area contributed by atoms with Crippen LogP contribution in [0.2, 0.25) is 10.0 Å². The highest BCUT2D eigenvalue weighted by molar-refractivity contribution is 6.49. The van der Waals surface area contributed by atoms with Gasteiger partial charge in [-0.05, 0) is 19.1 Å². The number of benzene rings is 1. The Hall–Kier alpha value is -0.500. The maximum absolute atomic E-state index is 11.6.